The Hall–Kier alpha value is -1.93. The van der Waals surface area contributed by atoms with Gasteiger partial charge in [-0.15, -0.1) is 11.8 Å². The molecule has 0 radical (unpaired) electrons. The molecule has 2 aromatic carbocycles. The largest absolute Gasteiger partial charge is 0.398 e. The Morgan fingerprint density at radius 3 is 2.33 bits per heavy atom. The smallest absolute Gasteiger partial charge is 0.366 e. The molecule has 9 heteroatoms. The third kappa shape index (κ3) is 6.04. The molecule has 3 nitrogen and oxygen atoms in total. The molecule has 1 saturated heterocycles. The molecule has 0 aromatic heterocycles. The third-order valence-corrected chi connectivity index (χ3v) is 6.35. The fraction of sp³-hybridized carbons (Fsp3) is 0.381. The van der Waals surface area contributed by atoms with E-state index < -0.39 is 17.7 Å². The molecular weight excluding hydrogens is 440 g/mol. The molecule has 162 valence electrons. The topological polar surface area (TPSA) is 23.6 Å². The maximum Gasteiger partial charge on any atom is 0.398 e. The zero-order chi connectivity index (χ0) is 21.9. The molecule has 0 aliphatic carbocycles. The van der Waals surface area contributed by atoms with Gasteiger partial charge in [0.1, 0.15) is 5.82 Å². The number of anilines is 1. The minimum Gasteiger partial charge on any atom is -0.366 e. The predicted molar refractivity (Wildman–Crippen MR) is 112 cm³/mol. The SMILES string of the molecule is Cc1cc(F)c(N2CCN(C(=O)Cc3ccc(Cl)cc3)CC2)cc1SCC(F)(F)F. The monoisotopic (exact) mass is 460 g/mol. The van der Waals surface area contributed by atoms with Gasteiger partial charge >= 0.3 is 6.18 Å². The summed E-state index contributed by atoms with van der Waals surface area (Å²) in [5.74, 6) is -1.51. The van der Waals surface area contributed by atoms with Gasteiger partial charge in [0, 0.05) is 36.1 Å². The van der Waals surface area contributed by atoms with Gasteiger partial charge < -0.3 is 9.80 Å². The summed E-state index contributed by atoms with van der Waals surface area (Å²) in [5.41, 5.74) is 1.61. The van der Waals surface area contributed by atoms with Crippen molar-refractivity contribution >= 4 is 35.0 Å². The Morgan fingerprint density at radius 1 is 1.10 bits per heavy atom. The van der Waals surface area contributed by atoms with Crippen LogP contribution in [0.15, 0.2) is 41.3 Å². The van der Waals surface area contributed by atoms with Crippen LogP contribution in [0.3, 0.4) is 0 Å². The Morgan fingerprint density at radius 2 is 1.73 bits per heavy atom. The van der Waals surface area contributed by atoms with Crippen LogP contribution >= 0.6 is 23.4 Å². The molecule has 1 fully saturated rings. The average Bonchev–Trinajstić information content (AvgIpc) is 2.68. The highest BCUT2D eigenvalue weighted by molar-refractivity contribution is 7.99. The van der Waals surface area contributed by atoms with Gasteiger partial charge in [0.25, 0.3) is 0 Å². The van der Waals surface area contributed by atoms with Gasteiger partial charge in [0.05, 0.1) is 17.9 Å². The van der Waals surface area contributed by atoms with E-state index in [2.05, 4.69) is 0 Å². The number of carbonyl (C=O) groups excluding carboxylic acids is 1. The number of nitrogens with zero attached hydrogens (tertiary/aromatic N) is 2. The zero-order valence-corrected chi connectivity index (χ0v) is 17.9. The molecule has 0 atom stereocenters. The van der Waals surface area contributed by atoms with E-state index in [0.29, 0.717) is 53.4 Å². The highest BCUT2D eigenvalue weighted by Crippen LogP contribution is 2.34. The van der Waals surface area contributed by atoms with Gasteiger partial charge in [0.15, 0.2) is 0 Å². The maximum absolute atomic E-state index is 14.5. The van der Waals surface area contributed by atoms with E-state index in [1.807, 2.05) is 0 Å². The Labute approximate surface area is 182 Å². The van der Waals surface area contributed by atoms with Crippen LogP contribution in [0.4, 0.5) is 23.2 Å². The van der Waals surface area contributed by atoms with Gasteiger partial charge in [-0.3, -0.25) is 4.79 Å². The maximum atomic E-state index is 14.5. The first-order valence-electron chi connectivity index (χ1n) is 9.39. The van der Waals surface area contributed by atoms with Crippen LogP contribution in [0.25, 0.3) is 0 Å². The van der Waals surface area contributed by atoms with Crippen molar-refractivity contribution in [3.8, 4) is 0 Å². The summed E-state index contributed by atoms with van der Waals surface area (Å²) >= 11 is 6.51. The number of hydrogen-bond acceptors (Lipinski definition) is 3. The van der Waals surface area contributed by atoms with E-state index in [1.165, 1.54) is 12.1 Å². The van der Waals surface area contributed by atoms with Crippen molar-refractivity contribution in [2.24, 2.45) is 0 Å². The van der Waals surface area contributed by atoms with E-state index >= 15 is 0 Å². The summed E-state index contributed by atoms with van der Waals surface area (Å²) in [5, 5.41) is 0.604. The molecule has 0 N–H and O–H groups in total. The first-order chi connectivity index (χ1) is 14.1. The number of hydrogen-bond donors (Lipinski definition) is 0. The molecule has 0 saturated carbocycles. The number of aryl methyl sites for hydroxylation is 1. The second-order valence-electron chi connectivity index (χ2n) is 7.14. The molecule has 1 aliphatic rings. The molecule has 1 amide bonds. The van der Waals surface area contributed by atoms with E-state index in [0.717, 1.165) is 5.56 Å². The lowest BCUT2D eigenvalue weighted by Crippen LogP contribution is -2.49. The number of carbonyl (C=O) groups is 1. The molecule has 3 rings (SSSR count). The lowest BCUT2D eigenvalue weighted by Gasteiger charge is -2.36. The summed E-state index contributed by atoms with van der Waals surface area (Å²) in [6, 6.07) is 9.82. The first-order valence-corrected chi connectivity index (χ1v) is 10.8. The molecule has 0 spiro atoms. The van der Waals surface area contributed by atoms with Crippen LogP contribution in [-0.2, 0) is 11.2 Å². The fourth-order valence-electron chi connectivity index (χ4n) is 3.28. The minimum absolute atomic E-state index is 0.0252. The normalized spacial score (nSPS) is 14.9. The van der Waals surface area contributed by atoms with Gasteiger partial charge in [-0.1, -0.05) is 23.7 Å². The fourth-order valence-corrected chi connectivity index (χ4v) is 4.21. The summed E-state index contributed by atoms with van der Waals surface area (Å²) in [7, 11) is 0. The first kappa shape index (κ1) is 22.7. The molecule has 30 heavy (non-hydrogen) atoms. The van der Waals surface area contributed by atoms with Gasteiger partial charge in [-0.05, 0) is 42.3 Å². The second-order valence-corrected chi connectivity index (χ2v) is 8.60. The van der Waals surface area contributed by atoms with Crippen LogP contribution in [-0.4, -0.2) is 48.9 Å². The Bertz CT molecular complexity index is 897. The Balaban J connectivity index is 1.62. The number of thioether (sulfide) groups is 1. The number of alkyl halides is 3. The van der Waals surface area contributed by atoms with E-state index in [4.69, 9.17) is 11.6 Å². The van der Waals surface area contributed by atoms with Crippen LogP contribution < -0.4 is 4.90 Å². The highest BCUT2D eigenvalue weighted by Gasteiger charge is 2.28. The van der Waals surface area contributed by atoms with E-state index in [9.17, 15) is 22.4 Å². The van der Waals surface area contributed by atoms with Gasteiger partial charge in [-0.2, -0.15) is 13.2 Å². The van der Waals surface area contributed by atoms with Crippen molar-refractivity contribution in [3.05, 3.63) is 58.4 Å². The minimum atomic E-state index is -4.29. The molecular formula is C21H21ClF4N2OS. The number of piperazine rings is 1. The van der Waals surface area contributed by atoms with Crippen molar-refractivity contribution in [1.82, 2.24) is 4.90 Å². The number of amides is 1. The predicted octanol–water partition coefficient (Wildman–Crippen LogP) is 5.33. The number of rotatable bonds is 5. The van der Waals surface area contributed by atoms with E-state index in [-0.39, 0.29) is 18.0 Å². The standard InChI is InChI=1S/C21H21ClF4N2OS/c1-14-10-17(23)18(12-19(14)30-13-21(24,25)26)27-6-8-28(9-7-27)20(29)11-15-2-4-16(22)5-3-15/h2-5,10,12H,6-9,11,13H2,1H3. The van der Waals surface area contributed by atoms with Gasteiger partial charge in [0.2, 0.25) is 5.91 Å². The van der Waals surface area contributed by atoms with Crippen LogP contribution in [0.5, 0.6) is 0 Å². The molecule has 2 aromatic rings. The van der Waals surface area contributed by atoms with Crippen LogP contribution in [0.1, 0.15) is 11.1 Å². The summed E-state index contributed by atoms with van der Waals surface area (Å²) in [4.78, 5) is 16.4. The van der Waals surface area contributed by atoms with Crippen LogP contribution in [0, 0.1) is 12.7 Å². The van der Waals surface area contributed by atoms with Crippen molar-refractivity contribution in [3.63, 3.8) is 0 Å². The summed E-state index contributed by atoms with van der Waals surface area (Å²) < 4.78 is 52.2. The van der Waals surface area contributed by atoms with Crippen LogP contribution in [0.2, 0.25) is 5.02 Å². The van der Waals surface area contributed by atoms with Gasteiger partial charge in [-0.25, -0.2) is 4.39 Å². The molecule has 0 unspecified atom stereocenters. The van der Waals surface area contributed by atoms with E-state index in [1.54, 1.807) is 41.0 Å². The average molecular weight is 461 g/mol. The second kappa shape index (κ2) is 9.47. The Kier molecular flexibility index (Phi) is 7.18. The number of benzene rings is 2. The quantitative estimate of drug-likeness (QED) is 0.445. The lowest BCUT2D eigenvalue weighted by molar-refractivity contribution is -0.130. The molecule has 1 aliphatic heterocycles. The lowest BCUT2D eigenvalue weighted by atomic mass is 10.1. The van der Waals surface area contributed by atoms with Crippen molar-refractivity contribution in [2.45, 2.75) is 24.4 Å². The highest BCUT2D eigenvalue weighted by atomic mass is 35.5. The summed E-state index contributed by atoms with van der Waals surface area (Å²) in [6.07, 6.45) is -4.03. The third-order valence-electron chi connectivity index (χ3n) is 4.88. The number of halogens is 5. The molecule has 0 bridgehead atoms. The molecule has 1 heterocycles. The zero-order valence-electron chi connectivity index (χ0n) is 16.3. The summed E-state index contributed by atoms with van der Waals surface area (Å²) in [6.45, 7) is 3.26. The van der Waals surface area contributed by atoms with Crippen molar-refractivity contribution in [1.29, 1.82) is 0 Å². The van der Waals surface area contributed by atoms with Crippen molar-refractivity contribution in [2.75, 3.05) is 36.8 Å². The van der Waals surface area contributed by atoms with Crippen molar-refractivity contribution < 1.29 is 22.4 Å².